The normalized spacial score (nSPS) is 12.9. The van der Waals surface area contributed by atoms with Crippen molar-refractivity contribution in [3.63, 3.8) is 0 Å². The minimum absolute atomic E-state index is 0.101. The lowest BCUT2D eigenvalue weighted by Crippen LogP contribution is -2.49. The molecule has 21 heavy (non-hydrogen) atoms. The van der Waals surface area contributed by atoms with Crippen LogP contribution in [0, 0.1) is 16.0 Å². The molecule has 1 rings (SSSR count). The second kappa shape index (κ2) is 7.15. The summed E-state index contributed by atoms with van der Waals surface area (Å²) >= 11 is 17.3. The lowest BCUT2D eigenvalue weighted by atomic mass is 10.2. The minimum atomic E-state index is -1.94. The van der Waals surface area contributed by atoms with Crippen molar-refractivity contribution in [3.05, 3.63) is 34.4 Å². The Morgan fingerprint density at radius 3 is 2.48 bits per heavy atom. The third-order valence-corrected chi connectivity index (χ3v) is 2.97. The number of hydrogen-bond acceptors (Lipinski definition) is 4. The molecule has 0 bridgehead atoms. The smallest absolute Gasteiger partial charge is 0.273 e. The van der Waals surface area contributed by atoms with Crippen molar-refractivity contribution in [2.45, 2.75) is 23.9 Å². The van der Waals surface area contributed by atoms with Crippen molar-refractivity contribution >= 4 is 46.4 Å². The summed E-state index contributed by atoms with van der Waals surface area (Å²) in [4.78, 5) is 21.8. The fourth-order valence-electron chi connectivity index (χ4n) is 1.28. The van der Waals surface area contributed by atoms with Crippen LogP contribution in [0.3, 0.4) is 0 Å². The maximum absolute atomic E-state index is 11.7. The number of nitro benzene ring substituents is 1. The van der Waals surface area contributed by atoms with E-state index in [4.69, 9.17) is 39.5 Å². The van der Waals surface area contributed by atoms with Crippen LogP contribution in [-0.2, 0) is 4.79 Å². The standard InChI is InChI=1S/C12H13Cl3N2O4/c1-7(2)10(18)16-11(12(13,14)15)21-9-5-3-4-8(6-9)17(19)20/h3-7,11H,1-2H3,(H,16,18)/t11-/m0/s1. The Morgan fingerprint density at radius 2 is 2.00 bits per heavy atom. The van der Waals surface area contributed by atoms with Gasteiger partial charge in [-0.15, -0.1) is 0 Å². The van der Waals surface area contributed by atoms with Gasteiger partial charge in [0.05, 0.1) is 11.0 Å². The van der Waals surface area contributed by atoms with Gasteiger partial charge in [0.2, 0.25) is 15.9 Å². The monoisotopic (exact) mass is 354 g/mol. The zero-order valence-corrected chi connectivity index (χ0v) is 13.4. The van der Waals surface area contributed by atoms with Crippen LogP contribution in [0.25, 0.3) is 0 Å². The number of halogens is 3. The van der Waals surface area contributed by atoms with Gasteiger partial charge in [0.25, 0.3) is 5.69 Å². The number of ether oxygens (including phenoxy) is 1. The second-order valence-corrected chi connectivity index (χ2v) is 6.83. The van der Waals surface area contributed by atoms with E-state index in [1.807, 2.05) is 0 Å². The van der Waals surface area contributed by atoms with Gasteiger partial charge in [0, 0.05) is 12.0 Å². The molecule has 0 radical (unpaired) electrons. The summed E-state index contributed by atoms with van der Waals surface area (Å²) in [5.41, 5.74) is -0.175. The van der Waals surface area contributed by atoms with Crippen molar-refractivity contribution in [3.8, 4) is 5.75 Å². The van der Waals surface area contributed by atoms with Gasteiger partial charge >= 0.3 is 0 Å². The number of alkyl halides is 3. The molecule has 0 aliphatic carbocycles. The second-order valence-electron chi connectivity index (χ2n) is 4.46. The summed E-state index contributed by atoms with van der Waals surface area (Å²) in [6.45, 7) is 3.33. The van der Waals surface area contributed by atoms with Crippen LogP contribution in [-0.4, -0.2) is 20.9 Å². The molecule has 1 atom stereocenters. The van der Waals surface area contributed by atoms with Crippen LogP contribution >= 0.6 is 34.8 Å². The number of non-ortho nitro benzene ring substituents is 1. The van der Waals surface area contributed by atoms with Crippen molar-refractivity contribution in [1.29, 1.82) is 0 Å². The molecule has 9 heteroatoms. The van der Waals surface area contributed by atoms with E-state index in [1.165, 1.54) is 24.3 Å². The number of carbonyl (C=O) groups is 1. The fourth-order valence-corrected chi connectivity index (χ4v) is 1.58. The molecular weight excluding hydrogens is 343 g/mol. The third-order valence-electron chi connectivity index (χ3n) is 2.38. The van der Waals surface area contributed by atoms with Crippen molar-refractivity contribution in [1.82, 2.24) is 5.32 Å². The molecule has 1 aromatic rings. The maximum Gasteiger partial charge on any atom is 0.273 e. The summed E-state index contributed by atoms with van der Waals surface area (Å²) in [5, 5.41) is 13.1. The van der Waals surface area contributed by atoms with Gasteiger partial charge in [-0.2, -0.15) is 0 Å². The number of rotatable bonds is 5. The first-order chi connectivity index (χ1) is 9.61. The quantitative estimate of drug-likeness (QED) is 0.380. The summed E-state index contributed by atoms with van der Waals surface area (Å²) in [6.07, 6.45) is -1.28. The van der Waals surface area contributed by atoms with Gasteiger partial charge in [0.15, 0.2) is 0 Å². The average Bonchev–Trinajstić information content (AvgIpc) is 2.36. The van der Waals surface area contributed by atoms with Gasteiger partial charge in [-0.25, -0.2) is 0 Å². The van der Waals surface area contributed by atoms with Crippen molar-refractivity contribution < 1.29 is 14.5 Å². The van der Waals surface area contributed by atoms with Gasteiger partial charge in [-0.3, -0.25) is 14.9 Å². The molecule has 1 amide bonds. The highest BCUT2D eigenvalue weighted by Crippen LogP contribution is 2.32. The number of carbonyl (C=O) groups excluding carboxylic acids is 1. The Labute approximate surface area is 136 Å². The molecule has 1 aromatic carbocycles. The van der Waals surface area contributed by atoms with E-state index in [0.29, 0.717) is 0 Å². The Hall–Kier alpha value is -1.24. The highest BCUT2D eigenvalue weighted by Gasteiger charge is 2.36. The molecule has 0 spiro atoms. The number of nitrogens with one attached hydrogen (secondary N) is 1. The Balaban J connectivity index is 2.94. The van der Waals surface area contributed by atoms with Gasteiger partial charge in [-0.05, 0) is 6.07 Å². The van der Waals surface area contributed by atoms with Crippen LogP contribution in [0.2, 0.25) is 0 Å². The molecule has 0 fully saturated rings. The zero-order chi connectivity index (χ0) is 16.2. The molecule has 0 aromatic heterocycles. The van der Waals surface area contributed by atoms with Crippen LogP contribution < -0.4 is 10.1 Å². The van der Waals surface area contributed by atoms with Gasteiger partial charge in [-0.1, -0.05) is 54.7 Å². The van der Waals surface area contributed by atoms with E-state index in [9.17, 15) is 14.9 Å². The van der Waals surface area contributed by atoms with E-state index in [0.717, 1.165) is 0 Å². The third kappa shape index (κ3) is 5.57. The number of nitro groups is 1. The number of hydrogen-bond donors (Lipinski definition) is 1. The summed E-state index contributed by atoms with van der Waals surface area (Å²) in [6, 6.07) is 5.35. The molecule has 116 valence electrons. The number of nitrogens with zero attached hydrogens (tertiary/aromatic N) is 1. The van der Waals surface area contributed by atoms with Crippen LogP contribution in [0.4, 0.5) is 5.69 Å². The van der Waals surface area contributed by atoms with Gasteiger partial charge < -0.3 is 10.1 Å². The first-order valence-electron chi connectivity index (χ1n) is 5.89. The first kappa shape index (κ1) is 17.8. The molecule has 0 unspecified atom stereocenters. The topological polar surface area (TPSA) is 81.5 Å². The highest BCUT2D eigenvalue weighted by atomic mass is 35.6. The molecule has 0 saturated heterocycles. The fraction of sp³-hybridized carbons (Fsp3) is 0.417. The van der Waals surface area contributed by atoms with E-state index in [-0.39, 0.29) is 23.3 Å². The lowest BCUT2D eigenvalue weighted by Gasteiger charge is -2.26. The largest absolute Gasteiger partial charge is 0.466 e. The predicted octanol–water partition coefficient (Wildman–Crippen LogP) is 3.44. The maximum atomic E-state index is 11.7. The molecule has 0 saturated carbocycles. The zero-order valence-electron chi connectivity index (χ0n) is 11.2. The number of amides is 1. The molecule has 0 heterocycles. The Kier molecular flexibility index (Phi) is 6.07. The summed E-state index contributed by atoms with van der Waals surface area (Å²) < 4.78 is 3.42. The Bertz CT molecular complexity index is 531. The highest BCUT2D eigenvalue weighted by molar-refractivity contribution is 6.68. The minimum Gasteiger partial charge on any atom is -0.466 e. The molecule has 0 aliphatic heterocycles. The van der Waals surface area contributed by atoms with Crippen molar-refractivity contribution in [2.24, 2.45) is 5.92 Å². The van der Waals surface area contributed by atoms with Gasteiger partial charge in [0.1, 0.15) is 5.75 Å². The summed E-state index contributed by atoms with van der Waals surface area (Å²) in [5.74, 6) is -0.616. The number of benzene rings is 1. The van der Waals surface area contributed by atoms with Crippen molar-refractivity contribution in [2.75, 3.05) is 0 Å². The summed E-state index contributed by atoms with van der Waals surface area (Å²) in [7, 11) is 0. The van der Waals surface area contributed by atoms with Crippen LogP contribution in [0.15, 0.2) is 24.3 Å². The van der Waals surface area contributed by atoms with E-state index in [1.54, 1.807) is 13.8 Å². The average molecular weight is 356 g/mol. The molecule has 6 nitrogen and oxygen atoms in total. The van der Waals surface area contributed by atoms with E-state index < -0.39 is 14.9 Å². The predicted molar refractivity (Wildman–Crippen MR) is 80.8 cm³/mol. The Morgan fingerprint density at radius 1 is 1.38 bits per heavy atom. The first-order valence-corrected chi connectivity index (χ1v) is 7.03. The SMILES string of the molecule is CC(C)C(=O)N[C@@H](Oc1cccc([N+](=O)[O-])c1)C(Cl)(Cl)Cl. The molecular formula is C12H13Cl3N2O4. The van der Waals surface area contributed by atoms with Crippen LogP contribution in [0.1, 0.15) is 13.8 Å². The lowest BCUT2D eigenvalue weighted by molar-refractivity contribution is -0.384. The van der Waals surface area contributed by atoms with E-state index >= 15 is 0 Å². The molecule has 1 N–H and O–H groups in total. The van der Waals surface area contributed by atoms with E-state index in [2.05, 4.69) is 5.32 Å². The van der Waals surface area contributed by atoms with Crippen LogP contribution in [0.5, 0.6) is 5.75 Å². The molecule has 0 aliphatic rings.